The summed E-state index contributed by atoms with van der Waals surface area (Å²) in [5.74, 6) is 0.195. The molecular formula is C27H27FN6O2. The zero-order valence-electron chi connectivity index (χ0n) is 19.9. The van der Waals surface area contributed by atoms with E-state index < -0.39 is 11.8 Å². The van der Waals surface area contributed by atoms with Crippen LogP contribution in [0.1, 0.15) is 24.8 Å². The first-order valence-corrected chi connectivity index (χ1v) is 11.9. The number of carbonyl (C=O) groups is 1. The van der Waals surface area contributed by atoms with Crippen LogP contribution in [-0.2, 0) is 0 Å². The number of aromatic amines is 1. The van der Waals surface area contributed by atoms with Crippen molar-refractivity contribution in [2.75, 3.05) is 28.6 Å². The number of benzene rings is 2. The van der Waals surface area contributed by atoms with Gasteiger partial charge in [-0.05, 0) is 68.1 Å². The number of amides is 2. The van der Waals surface area contributed by atoms with Gasteiger partial charge in [0.2, 0.25) is 0 Å². The first-order chi connectivity index (χ1) is 17.5. The molecule has 2 aromatic heterocycles. The van der Waals surface area contributed by atoms with E-state index in [0.717, 1.165) is 29.9 Å². The zero-order chi connectivity index (χ0) is 24.9. The molecule has 184 valence electrons. The van der Waals surface area contributed by atoms with Crippen molar-refractivity contribution in [1.82, 2.24) is 15.2 Å². The number of ether oxygens (including phenoxy) is 1. The topological polar surface area (TPSA) is 95.2 Å². The van der Waals surface area contributed by atoms with Crippen LogP contribution in [0.25, 0.3) is 11.3 Å². The van der Waals surface area contributed by atoms with Crippen LogP contribution in [0.3, 0.4) is 0 Å². The number of rotatable bonds is 6. The van der Waals surface area contributed by atoms with Crippen molar-refractivity contribution in [1.29, 1.82) is 0 Å². The molecule has 0 saturated carbocycles. The second kappa shape index (κ2) is 10.5. The lowest BCUT2D eigenvalue weighted by atomic mass is 10.1. The van der Waals surface area contributed by atoms with E-state index in [9.17, 15) is 9.18 Å². The van der Waals surface area contributed by atoms with Gasteiger partial charge in [-0.1, -0.05) is 0 Å². The van der Waals surface area contributed by atoms with E-state index in [1.54, 1.807) is 36.8 Å². The summed E-state index contributed by atoms with van der Waals surface area (Å²) in [7, 11) is 0. The summed E-state index contributed by atoms with van der Waals surface area (Å²) >= 11 is 0. The minimum absolute atomic E-state index is 0.0533. The Morgan fingerprint density at radius 3 is 2.64 bits per heavy atom. The van der Waals surface area contributed by atoms with Crippen LogP contribution < -0.4 is 20.3 Å². The first-order valence-electron chi connectivity index (χ1n) is 11.9. The van der Waals surface area contributed by atoms with Crippen molar-refractivity contribution in [2.24, 2.45) is 0 Å². The average Bonchev–Trinajstić information content (AvgIpc) is 3.41. The average molecular weight is 487 g/mol. The normalized spacial score (nSPS) is 13.3. The minimum Gasteiger partial charge on any atom is -0.457 e. The number of carbonyl (C=O) groups excluding carboxylic acids is 1. The summed E-state index contributed by atoms with van der Waals surface area (Å²) in [5.41, 5.74) is 4.35. The molecule has 2 amide bonds. The number of anilines is 3. The fraction of sp³-hybridized carbons (Fsp3) is 0.222. The van der Waals surface area contributed by atoms with Crippen LogP contribution in [0.15, 0.2) is 67.1 Å². The molecule has 3 heterocycles. The molecule has 4 aromatic rings. The van der Waals surface area contributed by atoms with Crippen LogP contribution in [0.5, 0.6) is 11.5 Å². The molecule has 3 N–H and O–H groups in total. The van der Waals surface area contributed by atoms with Gasteiger partial charge in [0.1, 0.15) is 17.3 Å². The predicted molar refractivity (Wildman–Crippen MR) is 138 cm³/mol. The molecule has 36 heavy (non-hydrogen) atoms. The summed E-state index contributed by atoms with van der Waals surface area (Å²) in [6.07, 6.45) is 8.58. The number of urea groups is 1. The molecule has 1 aliphatic rings. The van der Waals surface area contributed by atoms with E-state index >= 15 is 0 Å². The van der Waals surface area contributed by atoms with Crippen molar-refractivity contribution < 1.29 is 13.9 Å². The molecule has 0 atom stereocenters. The molecule has 0 spiro atoms. The summed E-state index contributed by atoms with van der Waals surface area (Å²) in [5, 5.41) is 12.1. The third kappa shape index (κ3) is 5.63. The highest BCUT2D eigenvalue weighted by atomic mass is 19.1. The van der Waals surface area contributed by atoms with Crippen LogP contribution in [0.2, 0.25) is 0 Å². The SMILES string of the molecule is Cc1cc(NC(=O)Nc2ccc(Oc3ccnc(-c4cn[nH]c4)c3)cc2F)cc(N2CCCCC2)c1. The third-order valence-electron chi connectivity index (χ3n) is 5.99. The van der Waals surface area contributed by atoms with E-state index in [1.807, 2.05) is 19.1 Å². The van der Waals surface area contributed by atoms with Crippen molar-refractivity contribution in [2.45, 2.75) is 26.2 Å². The number of aromatic nitrogens is 3. The Labute approximate surface area is 208 Å². The summed E-state index contributed by atoms with van der Waals surface area (Å²) < 4.78 is 20.6. The quantitative estimate of drug-likeness (QED) is 0.295. The second-order valence-electron chi connectivity index (χ2n) is 8.79. The molecule has 0 radical (unpaired) electrons. The Hall–Kier alpha value is -4.40. The number of hydrogen-bond donors (Lipinski definition) is 3. The Kier molecular flexibility index (Phi) is 6.79. The van der Waals surface area contributed by atoms with Gasteiger partial charge in [0.15, 0.2) is 0 Å². The second-order valence-corrected chi connectivity index (χ2v) is 8.79. The Morgan fingerprint density at radius 2 is 1.86 bits per heavy atom. The van der Waals surface area contributed by atoms with Gasteiger partial charge in [0.05, 0.1) is 17.6 Å². The van der Waals surface area contributed by atoms with E-state index in [1.165, 1.54) is 31.4 Å². The fourth-order valence-electron chi connectivity index (χ4n) is 4.27. The first kappa shape index (κ1) is 23.3. The Morgan fingerprint density at radius 1 is 1.03 bits per heavy atom. The van der Waals surface area contributed by atoms with Crippen LogP contribution in [0, 0.1) is 12.7 Å². The predicted octanol–water partition coefficient (Wildman–Crippen LogP) is 6.35. The maximum absolute atomic E-state index is 14.8. The van der Waals surface area contributed by atoms with E-state index in [4.69, 9.17) is 4.74 Å². The molecular weight excluding hydrogens is 459 g/mol. The molecule has 0 unspecified atom stereocenters. The molecule has 8 nitrogen and oxygen atoms in total. The maximum Gasteiger partial charge on any atom is 0.323 e. The Bertz CT molecular complexity index is 1350. The fourth-order valence-corrected chi connectivity index (χ4v) is 4.27. The number of hydrogen-bond acceptors (Lipinski definition) is 5. The lowest BCUT2D eigenvalue weighted by molar-refractivity contribution is 0.262. The van der Waals surface area contributed by atoms with Gasteiger partial charge in [-0.2, -0.15) is 5.10 Å². The van der Waals surface area contributed by atoms with Crippen LogP contribution >= 0.6 is 0 Å². The van der Waals surface area contributed by atoms with Crippen LogP contribution in [-0.4, -0.2) is 34.3 Å². The Balaban J connectivity index is 1.23. The number of nitrogens with zero attached hydrogens (tertiary/aromatic N) is 3. The number of pyridine rings is 1. The minimum atomic E-state index is -0.606. The van der Waals surface area contributed by atoms with Gasteiger partial charge in [0, 0.05) is 54.6 Å². The standard InChI is InChI=1S/C27H27FN6O2/c1-18-11-20(13-21(12-18)34-9-3-2-4-10-34)32-27(35)33-25-6-5-22(14-24(25)28)36-23-7-8-29-26(15-23)19-16-30-31-17-19/h5-8,11-17H,2-4,9-10H2,1H3,(H,30,31)(H2,32,33,35). The molecule has 5 rings (SSSR count). The monoisotopic (exact) mass is 486 g/mol. The summed E-state index contributed by atoms with van der Waals surface area (Å²) in [6, 6.07) is 13.2. The number of piperidine rings is 1. The number of aryl methyl sites for hydroxylation is 1. The largest absolute Gasteiger partial charge is 0.457 e. The van der Waals surface area contributed by atoms with Gasteiger partial charge < -0.3 is 20.3 Å². The molecule has 9 heteroatoms. The van der Waals surface area contributed by atoms with E-state index in [2.05, 4.69) is 36.8 Å². The smallest absolute Gasteiger partial charge is 0.323 e. The van der Waals surface area contributed by atoms with Gasteiger partial charge in [-0.3, -0.25) is 10.1 Å². The van der Waals surface area contributed by atoms with Crippen molar-refractivity contribution in [3.63, 3.8) is 0 Å². The zero-order valence-corrected chi connectivity index (χ0v) is 19.9. The molecule has 2 aromatic carbocycles. The van der Waals surface area contributed by atoms with E-state index in [0.29, 0.717) is 22.9 Å². The lowest BCUT2D eigenvalue weighted by Crippen LogP contribution is -2.29. The molecule has 1 fully saturated rings. The van der Waals surface area contributed by atoms with Gasteiger partial charge in [-0.25, -0.2) is 9.18 Å². The molecule has 0 aliphatic carbocycles. The number of H-pyrrole nitrogens is 1. The maximum atomic E-state index is 14.8. The lowest BCUT2D eigenvalue weighted by Gasteiger charge is -2.29. The van der Waals surface area contributed by atoms with E-state index in [-0.39, 0.29) is 5.69 Å². The highest BCUT2D eigenvalue weighted by molar-refractivity contribution is 6.00. The van der Waals surface area contributed by atoms with Gasteiger partial charge >= 0.3 is 6.03 Å². The number of nitrogens with one attached hydrogen (secondary N) is 3. The molecule has 0 bridgehead atoms. The van der Waals surface area contributed by atoms with Crippen molar-refractivity contribution in [3.8, 4) is 22.8 Å². The highest BCUT2D eigenvalue weighted by Crippen LogP contribution is 2.29. The highest BCUT2D eigenvalue weighted by Gasteiger charge is 2.14. The molecule has 1 saturated heterocycles. The summed E-state index contributed by atoms with van der Waals surface area (Å²) in [6.45, 7) is 4.02. The number of halogens is 1. The molecule has 1 aliphatic heterocycles. The third-order valence-corrected chi connectivity index (χ3v) is 5.99. The van der Waals surface area contributed by atoms with Crippen molar-refractivity contribution in [3.05, 3.63) is 78.5 Å². The van der Waals surface area contributed by atoms with Gasteiger partial charge in [0.25, 0.3) is 0 Å². The van der Waals surface area contributed by atoms with Crippen LogP contribution in [0.4, 0.5) is 26.2 Å². The van der Waals surface area contributed by atoms with Crippen molar-refractivity contribution >= 4 is 23.1 Å². The van der Waals surface area contributed by atoms with Gasteiger partial charge in [-0.15, -0.1) is 0 Å². The summed E-state index contributed by atoms with van der Waals surface area (Å²) in [4.78, 5) is 19.2.